The highest BCUT2D eigenvalue weighted by molar-refractivity contribution is 5.42. The van der Waals surface area contributed by atoms with Crippen LogP contribution in [0.25, 0.3) is 0 Å². The first-order valence-corrected chi connectivity index (χ1v) is 7.57. The van der Waals surface area contributed by atoms with Gasteiger partial charge in [0.05, 0.1) is 5.56 Å². The Labute approximate surface area is 122 Å². The lowest BCUT2D eigenvalue weighted by Gasteiger charge is -2.26. The van der Waals surface area contributed by atoms with Crippen molar-refractivity contribution in [3.8, 4) is 11.8 Å². The monoisotopic (exact) mass is 272 g/mol. The Morgan fingerprint density at radius 3 is 2.70 bits per heavy atom. The number of hydrogen-bond acceptors (Lipinski definition) is 3. The minimum absolute atomic E-state index is 0.518. The maximum absolute atomic E-state index is 9.02. The van der Waals surface area contributed by atoms with E-state index in [9.17, 15) is 0 Å². The minimum Gasteiger partial charge on any atom is -0.491 e. The van der Waals surface area contributed by atoms with Crippen LogP contribution in [0, 0.1) is 16.7 Å². The van der Waals surface area contributed by atoms with E-state index in [4.69, 9.17) is 10.00 Å². The van der Waals surface area contributed by atoms with Gasteiger partial charge in [-0.3, -0.25) is 4.90 Å². The Hall–Kier alpha value is -1.53. The second-order valence-electron chi connectivity index (χ2n) is 5.69. The Balaban J connectivity index is 1.81. The normalized spacial score (nSPS) is 17.9. The van der Waals surface area contributed by atoms with Crippen LogP contribution in [0.15, 0.2) is 24.3 Å². The summed E-state index contributed by atoms with van der Waals surface area (Å²) in [5.41, 5.74) is 1.13. The molecule has 108 valence electrons. The first-order valence-electron chi connectivity index (χ1n) is 7.57. The molecule has 0 radical (unpaired) electrons. The van der Waals surface area contributed by atoms with Crippen LogP contribution in [-0.2, 0) is 0 Å². The molecule has 1 aliphatic heterocycles. The van der Waals surface area contributed by atoms with Gasteiger partial charge in [0.1, 0.15) is 18.4 Å². The van der Waals surface area contributed by atoms with E-state index in [0.29, 0.717) is 23.3 Å². The third-order valence-electron chi connectivity index (χ3n) is 4.69. The average molecular weight is 272 g/mol. The van der Waals surface area contributed by atoms with Crippen molar-refractivity contribution in [2.75, 3.05) is 26.2 Å². The number of nitriles is 1. The van der Waals surface area contributed by atoms with Gasteiger partial charge in [0.15, 0.2) is 0 Å². The number of para-hydroxylation sites is 1. The van der Waals surface area contributed by atoms with E-state index in [1.807, 2.05) is 18.2 Å². The maximum Gasteiger partial charge on any atom is 0.137 e. The lowest BCUT2D eigenvalue weighted by atomic mass is 9.82. The topological polar surface area (TPSA) is 36.3 Å². The van der Waals surface area contributed by atoms with E-state index in [1.54, 1.807) is 6.07 Å². The summed E-state index contributed by atoms with van der Waals surface area (Å²) in [6.45, 7) is 8.55. The number of rotatable bonds is 6. The zero-order valence-electron chi connectivity index (χ0n) is 12.6. The third-order valence-corrected chi connectivity index (χ3v) is 4.69. The lowest BCUT2D eigenvalue weighted by molar-refractivity contribution is 0.204. The van der Waals surface area contributed by atoms with Gasteiger partial charge in [0.25, 0.3) is 0 Å². The van der Waals surface area contributed by atoms with E-state index in [2.05, 4.69) is 24.8 Å². The summed E-state index contributed by atoms with van der Waals surface area (Å²) in [5, 5.41) is 9.02. The van der Waals surface area contributed by atoms with Gasteiger partial charge in [-0.05, 0) is 43.4 Å². The largest absolute Gasteiger partial charge is 0.491 e. The zero-order valence-corrected chi connectivity index (χ0v) is 12.6. The fraction of sp³-hybridized carbons (Fsp3) is 0.588. The van der Waals surface area contributed by atoms with E-state index < -0.39 is 0 Å². The van der Waals surface area contributed by atoms with E-state index in [-0.39, 0.29) is 0 Å². The Kier molecular flexibility index (Phi) is 5.03. The first-order chi connectivity index (χ1) is 9.73. The van der Waals surface area contributed by atoms with Crippen LogP contribution in [0.5, 0.6) is 5.75 Å². The van der Waals surface area contributed by atoms with Crippen LogP contribution in [0.4, 0.5) is 0 Å². The van der Waals surface area contributed by atoms with Crippen molar-refractivity contribution < 1.29 is 4.74 Å². The van der Waals surface area contributed by atoms with Crippen molar-refractivity contribution in [1.82, 2.24) is 4.90 Å². The number of hydrogen-bond donors (Lipinski definition) is 0. The predicted molar refractivity (Wildman–Crippen MR) is 80.7 cm³/mol. The molecule has 0 amide bonds. The molecular formula is C17H24N2O. The molecule has 0 spiro atoms. The minimum atomic E-state index is 0.518. The number of nitrogens with zero attached hydrogens (tertiary/aromatic N) is 2. The van der Waals surface area contributed by atoms with Crippen molar-refractivity contribution in [2.24, 2.45) is 5.41 Å². The van der Waals surface area contributed by atoms with Crippen molar-refractivity contribution in [3.05, 3.63) is 29.8 Å². The van der Waals surface area contributed by atoms with E-state index >= 15 is 0 Å². The van der Waals surface area contributed by atoms with Crippen LogP contribution < -0.4 is 4.74 Å². The van der Waals surface area contributed by atoms with Gasteiger partial charge in [-0.15, -0.1) is 0 Å². The smallest absolute Gasteiger partial charge is 0.137 e. The summed E-state index contributed by atoms with van der Waals surface area (Å²) in [7, 11) is 0. The molecule has 0 atom stereocenters. The highest BCUT2D eigenvalue weighted by atomic mass is 16.5. The van der Waals surface area contributed by atoms with Gasteiger partial charge in [0, 0.05) is 13.1 Å². The van der Waals surface area contributed by atoms with Gasteiger partial charge in [-0.1, -0.05) is 26.0 Å². The Morgan fingerprint density at radius 1 is 1.30 bits per heavy atom. The highest BCUT2D eigenvalue weighted by Gasteiger charge is 2.34. The number of ether oxygens (including phenoxy) is 1. The van der Waals surface area contributed by atoms with Crippen LogP contribution >= 0.6 is 0 Å². The fourth-order valence-corrected chi connectivity index (χ4v) is 3.02. The second-order valence-corrected chi connectivity index (χ2v) is 5.69. The van der Waals surface area contributed by atoms with Crippen molar-refractivity contribution >= 4 is 0 Å². The van der Waals surface area contributed by atoms with E-state index in [1.165, 1.54) is 32.4 Å². The first kappa shape index (κ1) is 14.9. The molecule has 1 heterocycles. The third kappa shape index (κ3) is 3.32. The van der Waals surface area contributed by atoms with Crippen LogP contribution in [0.1, 0.15) is 38.7 Å². The number of benzene rings is 1. The molecular weight excluding hydrogens is 248 g/mol. The van der Waals surface area contributed by atoms with Crippen LogP contribution in [-0.4, -0.2) is 31.1 Å². The average Bonchev–Trinajstić information content (AvgIpc) is 2.92. The molecule has 1 aromatic carbocycles. The van der Waals surface area contributed by atoms with Crippen LogP contribution in [0.3, 0.4) is 0 Å². The molecule has 0 N–H and O–H groups in total. The molecule has 3 nitrogen and oxygen atoms in total. The molecule has 0 unspecified atom stereocenters. The maximum atomic E-state index is 9.02. The van der Waals surface area contributed by atoms with Crippen molar-refractivity contribution in [3.63, 3.8) is 0 Å². The summed E-state index contributed by atoms with van der Waals surface area (Å²) < 4.78 is 5.76. The Morgan fingerprint density at radius 2 is 2.05 bits per heavy atom. The summed E-state index contributed by atoms with van der Waals surface area (Å²) in [5.74, 6) is 0.700. The second kappa shape index (κ2) is 6.76. The molecule has 1 fully saturated rings. The fourth-order valence-electron chi connectivity index (χ4n) is 3.02. The molecule has 20 heavy (non-hydrogen) atoms. The highest BCUT2D eigenvalue weighted by Crippen LogP contribution is 2.36. The zero-order chi connectivity index (χ0) is 14.4. The summed E-state index contributed by atoms with van der Waals surface area (Å²) in [4.78, 5) is 2.49. The quantitative estimate of drug-likeness (QED) is 0.796. The summed E-state index contributed by atoms with van der Waals surface area (Å²) >= 11 is 0. The molecule has 1 saturated heterocycles. The molecule has 3 heteroatoms. The molecule has 1 aliphatic rings. The van der Waals surface area contributed by atoms with Crippen molar-refractivity contribution in [1.29, 1.82) is 5.26 Å². The lowest BCUT2D eigenvalue weighted by Crippen LogP contribution is -2.29. The van der Waals surface area contributed by atoms with Gasteiger partial charge in [0.2, 0.25) is 0 Å². The molecule has 1 aromatic rings. The molecule has 0 bridgehead atoms. The molecule has 0 aliphatic carbocycles. The van der Waals surface area contributed by atoms with E-state index in [0.717, 1.165) is 6.54 Å². The van der Waals surface area contributed by atoms with Gasteiger partial charge in [-0.25, -0.2) is 0 Å². The summed E-state index contributed by atoms with van der Waals surface area (Å²) in [6.07, 6.45) is 3.82. The Bertz CT molecular complexity index is 474. The molecule has 2 rings (SSSR count). The summed E-state index contributed by atoms with van der Waals surface area (Å²) in [6, 6.07) is 9.60. The molecule has 0 aromatic heterocycles. The number of likely N-dealkylation sites (tertiary alicyclic amines) is 1. The van der Waals surface area contributed by atoms with Gasteiger partial charge < -0.3 is 4.74 Å². The van der Waals surface area contributed by atoms with Crippen molar-refractivity contribution in [2.45, 2.75) is 33.1 Å². The standard InChI is InChI=1S/C17H24N2O/c1-3-17(4-2)9-10-19(14-17)11-12-20-16-8-6-5-7-15(16)13-18/h5-8H,3-4,9-12,14H2,1-2H3. The van der Waals surface area contributed by atoms with Crippen LogP contribution in [0.2, 0.25) is 0 Å². The predicted octanol–water partition coefficient (Wildman–Crippen LogP) is 3.45. The molecule has 0 saturated carbocycles. The van der Waals surface area contributed by atoms with Gasteiger partial charge >= 0.3 is 0 Å². The SMILES string of the molecule is CCC1(CC)CCN(CCOc2ccccc2C#N)C1. The van der Waals surface area contributed by atoms with Gasteiger partial charge in [-0.2, -0.15) is 5.26 Å².